The number of sulfonamides is 1. The van der Waals surface area contributed by atoms with Crippen LogP contribution < -0.4 is 0 Å². The third-order valence-electron chi connectivity index (χ3n) is 11.0. The number of alkyl halides is 2. The molecule has 6 nitrogen and oxygen atoms in total. The lowest BCUT2D eigenvalue weighted by Gasteiger charge is -2.57. The number of hydrogen-bond acceptors (Lipinski definition) is 5. The van der Waals surface area contributed by atoms with Gasteiger partial charge in [0.1, 0.15) is 11.4 Å². The zero-order valence-corrected chi connectivity index (χ0v) is 22.0. The summed E-state index contributed by atoms with van der Waals surface area (Å²) in [6.45, 7) is 4.84. The van der Waals surface area contributed by atoms with Crippen molar-refractivity contribution in [1.29, 1.82) is 0 Å². The average Bonchev–Trinajstić information content (AvgIpc) is 3.15. The summed E-state index contributed by atoms with van der Waals surface area (Å²) < 4.78 is 52.0. The highest BCUT2D eigenvalue weighted by atomic mass is 32.2. The highest BCUT2D eigenvalue weighted by Gasteiger charge is 2.59. The molecule has 1 heterocycles. The van der Waals surface area contributed by atoms with Crippen LogP contribution in [-0.2, 0) is 14.8 Å². The van der Waals surface area contributed by atoms with Gasteiger partial charge in [-0.05, 0) is 92.8 Å². The molecule has 0 spiro atoms. The van der Waals surface area contributed by atoms with E-state index in [-0.39, 0.29) is 30.1 Å². The topological polar surface area (TPSA) is 77.9 Å². The Hall–Kier alpha value is -0.640. The molecular formula is C26H42F2N2O4S. The van der Waals surface area contributed by atoms with Gasteiger partial charge in [-0.1, -0.05) is 6.92 Å². The Bertz CT molecular complexity index is 924. The molecular weight excluding hydrogens is 474 g/mol. The molecule has 0 bridgehead atoms. The first-order valence-corrected chi connectivity index (χ1v) is 15.5. The Kier molecular flexibility index (Phi) is 6.89. The molecule has 5 rings (SSSR count). The molecule has 5 aliphatic rings. The van der Waals surface area contributed by atoms with E-state index in [1.807, 2.05) is 0 Å². The molecule has 4 saturated carbocycles. The van der Waals surface area contributed by atoms with Crippen LogP contribution in [0.5, 0.6) is 0 Å². The monoisotopic (exact) mass is 516 g/mol. The van der Waals surface area contributed by atoms with Gasteiger partial charge in [0.2, 0.25) is 10.0 Å². The summed E-state index contributed by atoms with van der Waals surface area (Å²) in [6, 6.07) is 0. The summed E-state index contributed by atoms with van der Waals surface area (Å²) in [7, 11) is -3.18. The molecule has 4 aliphatic carbocycles. The first kappa shape index (κ1) is 26.0. The second-order valence-electron chi connectivity index (χ2n) is 12.7. The van der Waals surface area contributed by atoms with Gasteiger partial charge in [0.25, 0.3) is 6.43 Å². The van der Waals surface area contributed by atoms with E-state index < -0.39 is 22.0 Å². The van der Waals surface area contributed by atoms with Crippen molar-refractivity contribution in [2.75, 3.05) is 39.0 Å². The van der Waals surface area contributed by atoms with E-state index in [4.69, 9.17) is 0 Å². The van der Waals surface area contributed by atoms with Crippen LogP contribution in [0.3, 0.4) is 0 Å². The Morgan fingerprint density at radius 2 is 1.66 bits per heavy atom. The summed E-state index contributed by atoms with van der Waals surface area (Å²) in [5.74, 6) is 2.67. The second kappa shape index (κ2) is 9.28. The number of piperazine rings is 1. The van der Waals surface area contributed by atoms with Gasteiger partial charge in [0.05, 0.1) is 12.8 Å². The molecule has 0 aromatic heterocycles. The maximum absolute atomic E-state index is 13.5. The summed E-state index contributed by atoms with van der Waals surface area (Å²) in [5, 5.41) is 10.4. The Morgan fingerprint density at radius 3 is 2.31 bits per heavy atom. The Balaban J connectivity index is 1.21. The van der Waals surface area contributed by atoms with Crippen LogP contribution in [0.15, 0.2) is 0 Å². The lowest BCUT2D eigenvalue weighted by molar-refractivity contribution is -0.160. The van der Waals surface area contributed by atoms with Crippen molar-refractivity contribution in [1.82, 2.24) is 9.21 Å². The zero-order valence-electron chi connectivity index (χ0n) is 21.2. The molecule has 1 N–H and O–H groups in total. The molecule has 0 amide bonds. The largest absolute Gasteiger partial charge is 0.384 e. The van der Waals surface area contributed by atoms with Crippen molar-refractivity contribution in [3.63, 3.8) is 0 Å². The van der Waals surface area contributed by atoms with Gasteiger partial charge in [0.15, 0.2) is 0 Å². The second-order valence-corrected chi connectivity index (χ2v) is 14.6. The molecule has 35 heavy (non-hydrogen) atoms. The van der Waals surface area contributed by atoms with E-state index in [0.29, 0.717) is 68.6 Å². The van der Waals surface area contributed by atoms with Crippen molar-refractivity contribution >= 4 is 15.8 Å². The van der Waals surface area contributed by atoms with Crippen molar-refractivity contribution in [3.8, 4) is 0 Å². The van der Waals surface area contributed by atoms with E-state index in [1.54, 1.807) is 0 Å². The van der Waals surface area contributed by atoms with Gasteiger partial charge in [-0.25, -0.2) is 17.2 Å². The quantitative estimate of drug-likeness (QED) is 0.606. The van der Waals surface area contributed by atoms with Crippen molar-refractivity contribution in [3.05, 3.63) is 0 Å². The number of nitrogens with zero attached hydrogens (tertiary/aromatic N) is 2. The van der Waals surface area contributed by atoms with Crippen molar-refractivity contribution in [2.24, 2.45) is 40.9 Å². The summed E-state index contributed by atoms with van der Waals surface area (Å²) >= 11 is 0. The lowest BCUT2D eigenvalue weighted by atomic mass is 9.49. The molecule has 1 saturated heterocycles. The number of rotatable bonds is 5. The van der Waals surface area contributed by atoms with Crippen LogP contribution in [0, 0.1) is 40.9 Å². The molecule has 5 fully saturated rings. The predicted molar refractivity (Wildman–Crippen MR) is 129 cm³/mol. The van der Waals surface area contributed by atoms with Crippen LogP contribution in [-0.4, -0.2) is 79.5 Å². The maximum Gasteiger partial charge on any atom is 0.266 e. The van der Waals surface area contributed by atoms with E-state index in [0.717, 1.165) is 38.5 Å². The number of hydrogen-bond donors (Lipinski definition) is 1. The highest BCUT2D eigenvalue weighted by Crippen LogP contribution is 2.64. The van der Waals surface area contributed by atoms with Crippen LogP contribution in [0.2, 0.25) is 0 Å². The molecule has 8 atom stereocenters. The smallest absolute Gasteiger partial charge is 0.266 e. The molecule has 0 aromatic rings. The van der Waals surface area contributed by atoms with Crippen LogP contribution >= 0.6 is 0 Å². The Labute approximate surface area is 208 Å². The van der Waals surface area contributed by atoms with Crippen LogP contribution in [0.4, 0.5) is 8.78 Å². The number of halogens is 2. The standard InChI is InChI=1S/C26H42F2N2O4S/c1-25-9-7-19-18-8-10-26(32,24(27)28)15-17(18)3-4-20(19)21(25)5-6-22(25)23(31)16-29-11-13-30(14-12-29)35(2,33)34/h17-22,24,32H,3-16H2,1-2H3/t17-,18+,19-,20-,21+,22+,25+,26-/m1/s1. The summed E-state index contributed by atoms with van der Waals surface area (Å²) in [5.41, 5.74) is -1.78. The number of fused-ring (bicyclic) bond motifs is 5. The molecule has 9 heteroatoms. The molecule has 200 valence electrons. The molecule has 1 aliphatic heterocycles. The van der Waals surface area contributed by atoms with Gasteiger partial charge in [-0.15, -0.1) is 0 Å². The number of carbonyl (C=O) groups is 1. The maximum atomic E-state index is 13.5. The van der Waals surface area contributed by atoms with E-state index in [2.05, 4.69) is 11.8 Å². The number of carbonyl (C=O) groups excluding carboxylic acids is 1. The molecule has 0 radical (unpaired) electrons. The van der Waals surface area contributed by atoms with Crippen molar-refractivity contribution in [2.45, 2.75) is 76.7 Å². The van der Waals surface area contributed by atoms with Gasteiger partial charge in [-0.2, -0.15) is 4.31 Å². The minimum atomic E-state index is -3.18. The summed E-state index contributed by atoms with van der Waals surface area (Å²) in [4.78, 5) is 15.6. The molecule has 0 unspecified atom stereocenters. The highest BCUT2D eigenvalue weighted by molar-refractivity contribution is 7.88. The van der Waals surface area contributed by atoms with E-state index >= 15 is 0 Å². The fourth-order valence-corrected chi connectivity index (χ4v) is 10.0. The third kappa shape index (κ3) is 4.61. The van der Waals surface area contributed by atoms with Gasteiger partial charge >= 0.3 is 0 Å². The van der Waals surface area contributed by atoms with E-state index in [1.165, 1.54) is 10.6 Å². The molecule has 0 aromatic carbocycles. The number of aliphatic hydroxyl groups is 1. The van der Waals surface area contributed by atoms with Gasteiger partial charge in [-0.3, -0.25) is 9.69 Å². The average molecular weight is 517 g/mol. The van der Waals surface area contributed by atoms with Gasteiger partial charge in [0, 0.05) is 32.1 Å². The fraction of sp³-hybridized carbons (Fsp3) is 0.962. The van der Waals surface area contributed by atoms with Crippen LogP contribution in [0.1, 0.15) is 64.7 Å². The van der Waals surface area contributed by atoms with Gasteiger partial charge < -0.3 is 5.11 Å². The first-order valence-electron chi connectivity index (χ1n) is 13.6. The minimum absolute atomic E-state index is 0.0119. The SMILES string of the molecule is C[C@]12CC[C@H]3[C@@H](CC[C@@H]4C[C@@](O)(C(F)F)CC[C@@H]43)[C@@H]1CC[C@H]2C(=O)CN1CCN(S(C)(=O)=O)CC1. The van der Waals surface area contributed by atoms with Crippen molar-refractivity contribution < 1.29 is 27.1 Å². The lowest BCUT2D eigenvalue weighted by Crippen LogP contribution is -2.53. The zero-order chi connectivity index (χ0) is 25.2. The van der Waals surface area contributed by atoms with Crippen LogP contribution in [0.25, 0.3) is 0 Å². The number of Topliss-reactive ketones (excluding diaryl/α,β-unsaturated/α-hetero) is 1. The normalized spacial score (nSPS) is 45.1. The fourth-order valence-electron chi connectivity index (χ4n) is 9.19. The number of ketones is 1. The summed E-state index contributed by atoms with van der Waals surface area (Å²) in [6.07, 6.45) is 5.82. The minimum Gasteiger partial charge on any atom is -0.384 e. The Morgan fingerprint density at radius 1 is 0.971 bits per heavy atom. The first-order chi connectivity index (χ1) is 16.4. The third-order valence-corrected chi connectivity index (χ3v) is 12.3. The predicted octanol–water partition coefficient (Wildman–Crippen LogP) is 3.40. The van der Waals surface area contributed by atoms with E-state index in [9.17, 15) is 27.1 Å².